The number of rotatable bonds is 7. The van der Waals surface area contributed by atoms with Gasteiger partial charge in [0, 0.05) is 18.6 Å². The monoisotopic (exact) mass is 462 g/mol. The van der Waals surface area contributed by atoms with Gasteiger partial charge in [-0.3, -0.25) is 23.3 Å². The van der Waals surface area contributed by atoms with E-state index >= 15 is 0 Å². The van der Waals surface area contributed by atoms with Crippen LogP contribution in [-0.2, 0) is 13.6 Å². The molecular formula is C20H23ClN6O3S. The number of aromatic nitrogens is 5. The Labute approximate surface area is 187 Å². The summed E-state index contributed by atoms with van der Waals surface area (Å²) in [4.78, 5) is 37.9. The van der Waals surface area contributed by atoms with Crippen LogP contribution in [0, 0.1) is 12.8 Å². The summed E-state index contributed by atoms with van der Waals surface area (Å²) in [6.45, 7) is 6.03. The van der Waals surface area contributed by atoms with Crippen LogP contribution in [0.4, 0.5) is 5.82 Å². The van der Waals surface area contributed by atoms with E-state index in [1.165, 1.54) is 17.9 Å². The molecule has 0 atom stereocenters. The van der Waals surface area contributed by atoms with Crippen molar-refractivity contribution in [2.24, 2.45) is 13.0 Å². The number of carbonyl (C=O) groups is 1. The molecule has 0 fully saturated rings. The second-order valence-corrected chi connectivity index (χ2v) is 8.89. The summed E-state index contributed by atoms with van der Waals surface area (Å²) in [5.74, 6) is -0.594. The van der Waals surface area contributed by atoms with E-state index in [2.05, 4.69) is 10.2 Å². The number of nitrogen functional groups attached to an aromatic ring is 1. The Kier molecular flexibility index (Phi) is 6.71. The second-order valence-electron chi connectivity index (χ2n) is 7.54. The van der Waals surface area contributed by atoms with Crippen molar-refractivity contribution in [1.82, 2.24) is 23.9 Å². The molecule has 0 bridgehead atoms. The van der Waals surface area contributed by atoms with Crippen molar-refractivity contribution in [2.45, 2.75) is 32.5 Å². The average Bonchev–Trinajstić information content (AvgIpc) is 3.19. The number of hydrogen-bond donors (Lipinski definition) is 1. The maximum absolute atomic E-state index is 12.9. The van der Waals surface area contributed by atoms with Crippen LogP contribution < -0.4 is 17.0 Å². The summed E-state index contributed by atoms with van der Waals surface area (Å²) in [5.41, 5.74) is 6.31. The lowest BCUT2D eigenvalue weighted by atomic mass is 10.2. The van der Waals surface area contributed by atoms with Gasteiger partial charge in [-0.1, -0.05) is 43.3 Å². The number of Topliss-reactive ketones (excluding diaryl/α,β-unsaturated/α-hetero) is 1. The molecule has 2 N–H and O–H groups in total. The molecule has 0 saturated heterocycles. The summed E-state index contributed by atoms with van der Waals surface area (Å²) in [7, 11) is 1.34. The number of benzene rings is 1. The van der Waals surface area contributed by atoms with E-state index in [1.807, 2.05) is 32.9 Å². The lowest BCUT2D eigenvalue weighted by Gasteiger charge is -2.16. The zero-order valence-electron chi connectivity index (χ0n) is 17.6. The number of thioether (sulfide) groups is 1. The highest BCUT2D eigenvalue weighted by Gasteiger charge is 2.22. The Morgan fingerprint density at radius 2 is 2.00 bits per heavy atom. The maximum atomic E-state index is 12.9. The van der Waals surface area contributed by atoms with Crippen molar-refractivity contribution in [2.75, 3.05) is 11.5 Å². The minimum absolute atomic E-state index is 0.0996. The van der Waals surface area contributed by atoms with E-state index in [9.17, 15) is 14.4 Å². The topological polar surface area (TPSA) is 118 Å². The van der Waals surface area contributed by atoms with Crippen molar-refractivity contribution < 1.29 is 4.79 Å². The third kappa shape index (κ3) is 4.59. The van der Waals surface area contributed by atoms with Gasteiger partial charge < -0.3 is 5.73 Å². The van der Waals surface area contributed by atoms with Gasteiger partial charge in [0.05, 0.1) is 11.4 Å². The molecule has 1 aromatic carbocycles. The molecule has 31 heavy (non-hydrogen) atoms. The van der Waals surface area contributed by atoms with Crippen molar-refractivity contribution in [3.8, 4) is 5.69 Å². The van der Waals surface area contributed by atoms with E-state index in [0.717, 1.165) is 27.6 Å². The summed E-state index contributed by atoms with van der Waals surface area (Å²) in [6, 6.07) is 5.52. The number of nitrogens with two attached hydrogens (primary N) is 1. The number of ketones is 1. The largest absolute Gasteiger partial charge is 0.384 e. The SMILES string of the molecule is Cc1ccc(-n2cnnc2SCC(=O)c2c(N)n(CC(C)C)c(=O)n(C)c2=O)cc1Cl. The molecule has 0 saturated carbocycles. The molecule has 3 rings (SSSR count). The predicted octanol–water partition coefficient (Wildman–Crippen LogP) is 2.30. The van der Waals surface area contributed by atoms with Gasteiger partial charge in [-0.25, -0.2) is 4.79 Å². The van der Waals surface area contributed by atoms with Gasteiger partial charge in [0.2, 0.25) is 0 Å². The Balaban J connectivity index is 1.90. The predicted molar refractivity (Wildman–Crippen MR) is 121 cm³/mol. The van der Waals surface area contributed by atoms with Crippen LogP contribution in [0.5, 0.6) is 0 Å². The first-order chi connectivity index (χ1) is 14.6. The van der Waals surface area contributed by atoms with Crippen molar-refractivity contribution in [3.63, 3.8) is 0 Å². The van der Waals surface area contributed by atoms with E-state index in [0.29, 0.717) is 16.7 Å². The van der Waals surface area contributed by atoms with Crippen molar-refractivity contribution in [1.29, 1.82) is 0 Å². The van der Waals surface area contributed by atoms with Crippen LogP contribution in [0.25, 0.3) is 5.69 Å². The molecule has 3 aromatic rings. The molecule has 9 nitrogen and oxygen atoms in total. The zero-order chi connectivity index (χ0) is 22.9. The highest BCUT2D eigenvalue weighted by molar-refractivity contribution is 7.99. The molecule has 2 heterocycles. The summed E-state index contributed by atoms with van der Waals surface area (Å²) >= 11 is 7.32. The minimum Gasteiger partial charge on any atom is -0.384 e. The molecule has 164 valence electrons. The molecule has 0 amide bonds. The van der Waals surface area contributed by atoms with Gasteiger partial charge in [0.15, 0.2) is 10.9 Å². The van der Waals surface area contributed by atoms with E-state index in [4.69, 9.17) is 17.3 Å². The first-order valence-corrected chi connectivity index (χ1v) is 10.9. The molecule has 0 radical (unpaired) electrons. The first kappa shape index (κ1) is 22.8. The number of carbonyl (C=O) groups excluding carboxylic acids is 1. The standard InChI is InChI=1S/C20H23ClN6O3S/c1-11(2)8-26-17(22)16(18(29)25(4)20(26)30)15(28)9-31-19-24-23-10-27(19)13-6-5-12(3)14(21)7-13/h5-7,10-11H,8-9,22H2,1-4H3. The van der Waals surface area contributed by atoms with Gasteiger partial charge in [-0.05, 0) is 30.5 Å². The van der Waals surface area contributed by atoms with Gasteiger partial charge in [0.1, 0.15) is 17.7 Å². The quantitative estimate of drug-likeness (QED) is 0.422. The Hall–Kier alpha value is -2.85. The molecular weight excluding hydrogens is 440 g/mol. The molecule has 0 aliphatic heterocycles. The fourth-order valence-electron chi connectivity index (χ4n) is 3.02. The minimum atomic E-state index is -0.708. The summed E-state index contributed by atoms with van der Waals surface area (Å²) < 4.78 is 3.87. The lowest BCUT2D eigenvalue weighted by molar-refractivity contribution is 0.102. The molecule has 0 spiro atoms. The second kappa shape index (κ2) is 9.11. The summed E-state index contributed by atoms with van der Waals surface area (Å²) in [5, 5.41) is 9.02. The Morgan fingerprint density at radius 1 is 1.29 bits per heavy atom. The number of nitrogens with zero attached hydrogens (tertiary/aromatic N) is 5. The number of hydrogen-bond acceptors (Lipinski definition) is 7. The average molecular weight is 463 g/mol. The Bertz CT molecular complexity index is 1260. The molecule has 2 aromatic heterocycles. The smallest absolute Gasteiger partial charge is 0.332 e. The van der Waals surface area contributed by atoms with Gasteiger partial charge in [-0.2, -0.15) is 0 Å². The first-order valence-electron chi connectivity index (χ1n) is 9.53. The van der Waals surface area contributed by atoms with E-state index in [1.54, 1.807) is 10.6 Å². The number of halogens is 1. The third-order valence-electron chi connectivity index (χ3n) is 4.69. The van der Waals surface area contributed by atoms with Crippen LogP contribution in [0.2, 0.25) is 5.02 Å². The van der Waals surface area contributed by atoms with Crippen molar-refractivity contribution in [3.05, 3.63) is 61.5 Å². The van der Waals surface area contributed by atoms with Crippen molar-refractivity contribution >= 4 is 35.0 Å². The van der Waals surface area contributed by atoms with Crippen LogP contribution >= 0.6 is 23.4 Å². The summed E-state index contributed by atoms with van der Waals surface area (Å²) in [6.07, 6.45) is 1.52. The van der Waals surface area contributed by atoms with Gasteiger partial charge >= 0.3 is 5.69 Å². The fourth-order valence-corrected chi connectivity index (χ4v) is 4.00. The van der Waals surface area contributed by atoms with Crippen LogP contribution in [-0.4, -0.2) is 35.4 Å². The highest BCUT2D eigenvalue weighted by Crippen LogP contribution is 2.24. The molecule has 11 heteroatoms. The number of anilines is 1. The third-order valence-corrected chi connectivity index (χ3v) is 6.04. The van der Waals surface area contributed by atoms with Gasteiger partial charge in [0.25, 0.3) is 5.56 Å². The maximum Gasteiger partial charge on any atom is 0.332 e. The highest BCUT2D eigenvalue weighted by atomic mass is 35.5. The fraction of sp³-hybridized carbons (Fsp3) is 0.350. The van der Waals surface area contributed by atoms with Crippen LogP contribution in [0.15, 0.2) is 39.3 Å². The van der Waals surface area contributed by atoms with Crippen LogP contribution in [0.1, 0.15) is 29.8 Å². The van der Waals surface area contributed by atoms with E-state index < -0.39 is 17.0 Å². The van der Waals surface area contributed by atoms with Gasteiger partial charge in [-0.15, -0.1) is 10.2 Å². The molecule has 0 aliphatic rings. The molecule has 0 aliphatic carbocycles. The van der Waals surface area contributed by atoms with Crippen LogP contribution in [0.3, 0.4) is 0 Å². The Morgan fingerprint density at radius 3 is 2.65 bits per heavy atom. The zero-order valence-corrected chi connectivity index (χ0v) is 19.2. The lowest BCUT2D eigenvalue weighted by Crippen LogP contribution is -2.43. The van der Waals surface area contributed by atoms with E-state index in [-0.39, 0.29) is 23.1 Å². The normalized spacial score (nSPS) is 11.3. The molecule has 0 unspecified atom stereocenters. The number of aryl methyl sites for hydroxylation is 1.